The number of hydrogen-bond acceptors (Lipinski definition) is 1. The van der Waals surface area contributed by atoms with E-state index in [1.807, 2.05) is 18.3 Å². The van der Waals surface area contributed by atoms with E-state index in [1.165, 1.54) is 0 Å². The van der Waals surface area contributed by atoms with Crippen molar-refractivity contribution in [1.29, 1.82) is 0 Å². The lowest BCUT2D eigenvalue weighted by Crippen LogP contribution is -1.97. The summed E-state index contributed by atoms with van der Waals surface area (Å²) in [6.45, 7) is 0.685. The molecule has 0 saturated heterocycles. The highest BCUT2D eigenvalue weighted by Gasteiger charge is 1.90. The molecule has 0 atom stereocenters. The SMILES string of the molecule is ClCCCOc1ccc[nH]1. The summed E-state index contributed by atoms with van der Waals surface area (Å²) in [6.07, 6.45) is 2.72. The zero-order valence-corrected chi connectivity index (χ0v) is 6.40. The Hall–Kier alpha value is -0.630. The van der Waals surface area contributed by atoms with Crippen LogP contribution in [0, 0.1) is 0 Å². The van der Waals surface area contributed by atoms with Crippen molar-refractivity contribution in [1.82, 2.24) is 4.98 Å². The van der Waals surface area contributed by atoms with Crippen LogP contribution in [0.2, 0.25) is 0 Å². The average Bonchev–Trinajstić information content (AvgIpc) is 2.41. The Morgan fingerprint density at radius 3 is 3.10 bits per heavy atom. The number of alkyl halides is 1. The van der Waals surface area contributed by atoms with Crippen molar-refractivity contribution in [2.75, 3.05) is 12.5 Å². The maximum absolute atomic E-state index is 5.45. The van der Waals surface area contributed by atoms with E-state index in [2.05, 4.69) is 4.98 Å². The molecular formula is C7H10ClNO. The summed E-state index contributed by atoms with van der Waals surface area (Å²) in [7, 11) is 0. The number of H-pyrrole nitrogens is 1. The molecule has 0 aliphatic carbocycles. The van der Waals surface area contributed by atoms with E-state index < -0.39 is 0 Å². The van der Waals surface area contributed by atoms with E-state index in [4.69, 9.17) is 16.3 Å². The molecule has 0 aromatic carbocycles. The summed E-state index contributed by atoms with van der Waals surface area (Å²) in [5, 5.41) is 0. The third-order valence-corrected chi connectivity index (χ3v) is 1.37. The zero-order valence-electron chi connectivity index (χ0n) is 5.64. The summed E-state index contributed by atoms with van der Waals surface area (Å²) in [5.74, 6) is 1.46. The minimum Gasteiger partial charge on any atom is -0.479 e. The molecule has 0 radical (unpaired) electrons. The average molecular weight is 160 g/mol. The molecule has 0 aliphatic rings. The lowest BCUT2D eigenvalue weighted by atomic mass is 10.5. The molecule has 1 N–H and O–H groups in total. The lowest BCUT2D eigenvalue weighted by molar-refractivity contribution is 0.308. The second kappa shape index (κ2) is 4.23. The van der Waals surface area contributed by atoms with Gasteiger partial charge >= 0.3 is 0 Å². The topological polar surface area (TPSA) is 25.0 Å². The number of hydrogen-bond donors (Lipinski definition) is 1. The van der Waals surface area contributed by atoms with Crippen LogP contribution in [0.3, 0.4) is 0 Å². The number of aromatic amines is 1. The van der Waals surface area contributed by atoms with Crippen molar-refractivity contribution in [2.45, 2.75) is 6.42 Å². The Kier molecular flexibility index (Phi) is 3.16. The van der Waals surface area contributed by atoms with Crippen molar-refractivity contribution in [3.63, 3.8) is 0 Å². The Bertz CT molecular complexity index is 162. The predicted molar refractivity (Wildman–Crippen MR) is 41.6 cm³/mol. The summed E-state index contributed by atoms with van der Waals surface area (Å²) in [5.41, 5.74) is 0. The molecule has 56 valence electrons. The van der Waals surface area contributed by atoms with Crippen molar-refractivity contribution < 1.29 is 4.74 Å². The van der Waals surface area contributed by atoms with Gasteiger partial charge in [0.15, 0.2) is 5.88 Å². The standard InChI is InChI=1S/C7H10ClNO/c8-4-2-6-10-7-3-1-5-9-7/h1,3,5,9H,2,4,6H2. The lowest BCUT2D eigenvalue weighted by Gasteiger charge is -1.99. The molecule has 2 nitrogen and oxygen atoms in total. The fourth-order valence-electron chi connectivity index (χ4n) is 0.640. The van der Waals surface area contributed by atoms with Crippen LogP contribution in [0.15, 0.2) is 18.3 Å². The van der Waals surface area contributed by atoms with Crippen molar-refractivity contribution >= 4 is 11.6 Å². The Morgan fingerprint density at radius 2 is 2.50 bits per heavy atom. The van der Waals surface area contributed by atoms with Crippen molar-refractivity contribution in [3.8, 4) is 5.88 Å². The third-order valence-electron chi connectivity index (χ3n) is 1.10. The first-order valence-corrected chi connectivity index (χ1v) is 3.79. The van der Waals surface area contributed by atoms with Gasteiger partial charge in [-0.1, -0.05) is 0 Å². The molecule has 1 heterocycles. The van der Waals surface area contributed by atoms with Crippen LogP contribution in [0.4, 0.5) is 0 Å². The van der Waals surface area contributed by atoms with Crippen LogP contribution >= 0.6 is 11.6 Å². The molecule has 0 unspecified atom stereocenters. The van der Waals surface area contributed by atoms with Crippen molar-refractivity contribution in [2.24, 2.45) is 0 Å². The maximum Gasteiger partial charge on any atom is 0.190 e. The maximum atomic E-state index is 5.45. The second-order valence-corrected chi connectivity index (χ2v) is 2.30. The Balaban J connectivity index is 2.15. The van der Waals surface area contributed by atoms with Gasteiger partial charge in [-0.15, -0.1) is 11.6 Å². The fraction of sp³-hybridized carbons (Fsp3) is 0.429. The summed E-state index contributed by atoms with van der Waals surface area (Å²) >= 11 is 5.45. The molecule has 0 fully saturated rings. The zero-order chi connectivity index (χ0) is 7.23. The minimum atomic E-state index is 0.653. The van der Waals surface area contributed by atoms with Gasteiger partial charge in [0, 0.05) is 12.1 Å². The molecule has 0 saturated carbocycles. The van der Waals surface area contributed by atoms with Crippen LogP contribution in [0.5, 0.6) is 5.88 Å². The van der Waals surface area contributed by atoms with Gasteiger partial charge in [0.05, 0.1) is 6.61 Å². The molecule has 1 aromatic heterocycles. The first-order valence-electron chi connectivity index (χ1n) is 3.25. The minimum absolute atomic E-state index is 0.653. The largest absolute Gasteiger partial charge is 0.479 e. The molecule has 0 bridgehead atoms. The van der Waals surface area contributed by atoms with E-state index in [1.54, 1.807) is 0 Å². The molecule has 0 spiro atoms. The number of rotatable bonds is 4. The van der Waals surface area contributed by atoms with Crippen LogP contribution in [-0.4, -0.2) is 17.5 Å². The van der Waals surface area contributed by atoms with Crippen LogP contribution in [-0.2, 0) is 0 Å². The highest BCUT2D eigenvalue weighted by Crippen LogP contribution is 2.04. The summed E-state index contributed by atoms with van der Waals surface area (Å²) < 4.78 is 5.25. The number of aromatic nitrogens is 1. The predicted octanol–water partition coefficient (Wildman–Crippen LogP) is 2.02. The Labute approximate surface area is 65.2 Å². The quantitative estimate of drug-likeness (QED) is 0.528. The first-order chi connectivity index (χ1) is 4.93. The smallest absolute Gasteiger partial charge is 0.190 e. The van der Waals surface area contributed by atoms with Gasteiger partial charge in [0.1, 0.15) is 0 Å². The van der Waals surface area contributed by atoms with Crippen molar-refractivity contribution in [3.05, 3.63) is 18.3 Å². The molecule has 1 aromatic rings. The normalized spacial score (nSPS) is 9.70. The first kappa shape index (κ1) is 7.48. The molecule has 10 heavy (non-hydrogen) atoms. The number of nitrogens with one attached hydrogen (secondary N) is 1. The van der Waals surface area contributed by atoms with Crippen LogP contribution in [0.1, 0.15) is 6.42 Å². The third kappa shape index (κ3) is 2.31. The van der Waals surface area contributed by atoms with Gasteiger partial charge in [-0.3, -0.25) is 0 Å². The van der Waals surface area contributed by atoms with Gasteiger partial charge < -0.3 is 9.72 Å². The van der Waals surface area contributed by atoms with E-state index in [0.29, 0.717) is 12.5 Å². The van der Waals surface area contributed by atoms with E-state index in [-0.39, 0.29) is 0 Å². The highest BCUT2D eigenvalue weighted by molar-refractivity contribution is 6.17. The van der Waals surface area contributed by atoms with Gasteiger partial charge in [-0.25, -0.2) is 0 Å². The summed E-state index contributed by atoms with van der Waals surface area (Å²) in [4.78, 5) is 2.93. The van der Waals surface area contributed by atoms with Gasteiger partial charge in [0.25, 0.3) is 0 Å². The van der Waals surface area contributed by atoms with Crippen LogP contribution in [0.25, 0.3) is 0 Å². The Morgan fingerprint density at radius 1 is 1.60 bits per heavy atom. The number of ether oxygens (including phenoxy) is 1. The molecule has 0 amide bonds. The van der Waals surface area contributed by atoms with Crippen LogP contribution < -0.4 is 4.74 Å². The molecule has 3 heteroatoms. The molecular weight excluding hydrogens is 150 g/mol. The molecule has 0 aliphatic heterocycles. The van der Waals surface area contributed by atoms with Gasteiger partial charge in [0.2, 0.25) is 0 Å². The fourth-order valence-corrected chi connectivity index (χ4v) is 0.749. The highest BCUT2D eigenvalue weighted by atomic mass is 35.5. The van der Waals surface area contributed by atoms with E-state index in [0.717, 1.165) is 12.3 Å². The van der Waals surface area contributed by atoms with Gasteiger partial charge in [-0.2, -0.15) is 0 Å². The van der Waals surface area contributed by atoms with E-state index >= 15 is 0 Å². The van der Waals surface area contributed by atoms with E-state index in [9.17, 15) is 0 Å². The summed E-state index contributed by atoms with van der Waals surface area (Å²) in [6, 6.07) is 3.78. The monoisotopic (exact) mass is 159 g/mol. The number of halogens is 1. The molecule has 1 rings (SSSR count). The van der Waals surface area contributed by atoms with Gasteiger partial charge in [-0.05, 0) is 18.6 Å². The second-order valence-electron chi connectivity index (χ2n) is 1.93.